The smallest absolute Gasteiger partial charge is 0.372 e. The Kier molecular flexibility index (Phi) is 6.29. The van der Waals surface area contributed by atoms with E-state index in [1.165, 1.54) is 7.11 Å². The zero-order valence-corrected chi connectivity index (χ0v) is 13.2. The lowest BCUT2D eigenvalue weighted by Gasteiger charge is -2.13. The predicted molar refractivity (Wildman–Crippen MR) is 81.0 cm³/mol. The third-order valence-corrected chi connectivity index (χ3v) is 2.84. The number of nitrogens with zero attached hydrogens (tertiary/aromatic N) is 4. The first kappa shape index (κ1) is 17.1. The van der Waals surface area contributed by atoms with Crippen LogP contribution in [0.4, 0.5) is 11.5 Å². The Bertz CT molecular complexity index is 491. The maximum Gasteiger partial charge on any atom is 0.372 e. The fraction of sp³-hybridized carbons (Fsp3) is 0.692. The second kappa shape index (κ2) is 7.72. The van der Waals surface area contributed by atoms with Crippen LogP contribution in [0, 0.1) is 10.1 Å². The molecule has 0 spiro atoms. The molecule has 0 aliphatic heterocycles. The molecule has 1 aromatic rings. The van der Waals surface area contributed by atoms with Gasteiger partial charge in [-0.3, -0.25) is 10.1 Å². The Hall–Kier alpha value is -1.96. The number of anilines is 1. The van der Waals surface area contributed by atoms with Gasteiger partial charge < -0.3 is 15.0 Å². The molecule has 8 heteroatoms. The van der Waals surface area contributed by atoms with Gasteiger partial charge in [-0.2, -0.15) is 4.98 Å². The lowest BCUT2D eigenvalue weighted by atomic mass is 10.2. The molecule has 0 aromatic carbocycles. The van der Waals surface area contributed by atoms with Crippen molar-refractivity contribution in [1.82, 2.24) is 14.9 Å². The molecule has 0 atom stereocenters. The van der Waals surface area contributed by atoms with Crippen molar-refractivity contribution in [3.63, 3.8) is 0 Å². The van der Waals surface area contributed by atoms with Gasteiger partial charge in [0.05, 0.1) is 12.0 Å². The molecule has 118 valence electrons. The van der Waals surface area contributed by atoms with Crippen LogP contribution in [-0.4, -0.2) is 54.1 Å². The molecule has 0 unspecified atom stereocenters. The summed E-state index contributed by atoms with van der Waals surface area (Å²) in [6, 6.07) is 0. The third-order valence-electron chi connectivity index (χ3n) is 2.84. The number of rotatable bonds is 8. The van der Waals surface area contributed by atoms with Crippen molar-refractivity contribution in [2.45, 2.75) is 26.2 Å². The molecule has 1 rings (SSSR count). The Morgan fingerprint density at radius 3 is 2.52 bits per heavy atom. The van der Waals surface area contributed by atoms with Crippen molar-refractivity contribution in [2.75, 3.05) is 39.6 Å². The van der Waals surface area contributed by atoms with E-state index in [4.69, 9.17) is 4.74 Å². The van der Waals surface area contributed by atoms with E-state index < -0.39 is 4.92 Å². The maximum atomic E-state index is 11.2. The van der Waals surface area contributed by atoms with E-state index in [0.717, 1.165) is 13.0 Å². The second-order valence-corrected chi connectivity index (χ2v) is 5.28. The van der Waals surface area contributed by atoms with Gasteiger partial charge in [-0.25, -0.2) is 4.98 Å². The molecule has 0 saturated heterocycles. The van der Waals surface area contributed by atoms with Crippen molar-refractivity contribution >= 4 is 11.5 Å². The van der Waals surface area contributed by atoms with E-state index in [1.807, 2.05) is 27.9 Å². The zero-order chi connectivity index (χ0) is 16.0. The van der Waals surface area contributed by atoms with Crippen LogP contribution in [0.3, 0.4) is 0 Å². The summed E-state index contributed by atoms with van der Waals surface area (Å²) in [5.41, 5.74) is -0.216. The summed E-state index contributed by atoms with van der Waals surface area (Å²) in [7, 11) is 5.33. The van der Waals surface area contributed by atoms with E-state index in [1.54, 1.807) is 0 Å². The largest absolute Gasteiger partial charge is 0.476 e. The average molecular weight is 297 g/mol. The van der Waals surface area contributed by atoms with Crippen LogP contribution in [0.15, 0.2) is 0 Å². The minimum atomic E-state index is -0.517. The van der Waals surface area contributed by atoms with Crippen molar-refractivity contribution in [1.29, 1.82) is 0 Å². The van der Waals surface area contributed by atoms with E-state index >= 15 is 0 Å². The molecular formula is C13H23N5O3. The van der Waals surface area contributed by atoms with Crippen molar-refractivity contribution < 1.29 is 9.66 Å². The first-order valence-corrected chi connectivity index (χ1v) is 6.85. The van der Waals surface area contributed by atoms with Crippen molar-refractivity contribution in [2.24, 2.45) is 0 Å². The number of aromatic nitrogens is 2. The summed E-state index contributed by atoms with van der Waals surface area (Å²) in [5, 5.41) is 14.2. The first-order chi connectivity index (χ1) is 9.86. The number of methoxy groups -OCH3 is 1. The van der Waals surface area contributed by atoms with Gasteiger partial charge in [0.15, 0.2) is 0 Å². The molecule has 0 aliphatic carbocycles. The molecular weight excluding hydrogens is 274 g/mol. The molecule has 8 nitrogen and oxygen atoms in total. The summed E-state index contributed by atoms with van der Waals surface area (Å²) in [5.74, 6) is 0.790. The lowest BCUT2D eigenvalue weighted by molar-refractivity contribution is -0.385. The van der Waals surface area contributed by atoms with Crippen molar-refractivity contribution in [3.05, 3.63) is 15.9 Å². The van der Waals surface area contributed by atoms with Gasteiger partial charge in [-0.05, 0) is 27.1 Å². The summed E-state index contributed by atoms with van der Waals surface area (Å²) in [4.78, 5) is 21.1. The highest BCUT2D eigenvalue weighted by Crippen LogP contribution is 2.32. The topological polar surface area (TPSA) is 93.4 Å². The number of nitro groups is 1. The average Bonchev–Trinajstić information content (AvgIpc) is 2.41. The van der Waals surface area contributed by atoms with E-state index in [-0.39, 0.29) is 23.3 Å². The maximum absolute atomic E-state index is 11.2. The molecule has 0 bridgehead atoms. The fourth-order valence-electron chi connectivity index (χ4n) is 1.74. The van der Waals surface area contributed by atoms with Crippen LogP contribution in [-0.2, 0) is 0 Å². The zero-order valence-electron chi connectivity index (χ0n) is 13.2. The normalized spacial score (nSPS) is 11.0. The minimum absolute atomic E-state index is 0.00573. The second-order valence-electron chi connectivity index (χ2n) is 5.28. The molecule has 1 N–H and O–H groups in total. The van der Waals surface area contributed by atoms with E-state index in [9.17, 15) is 10.1 Å². The fourth-order valence-corrected chi connectivity index (χ4v) is 1.74. The Labute approximate surface area is 124 Å². The van der Waals surface area contributed by atoms with Crippen LogP contribution >= 0.6 is 0 Å². The van der Waals surface area contributed by atoms with E-state index in [2.05, 4.69) is 20.2 Å². The molecule has 1 aromatic heterocycles. The Balaban J connectivity index is 3.02. The van der Waals surface area contributed by atoms with Gasteiger partial charge in [-0.1, -0.05) is 13.8 Å². The molecule has 0 amide bonds. The third kappa shape index (κ3) is 4.82. The van der Waals surface area contributed by atoms with Crippen LogP contribution in [0.2, 0.25) is 0 Å². The van der Waals surface area contributed by atoms with Crippen LogP contribution in [0.25, 0.3) is 0 Å². The summed E-state index contributed by atoms with van der Waals surface area (Å²) in [6.07, 6.45) is 0.855. The number of hydrogen-bond donors (Lipinski definition) is 1. The van der Waals surface area contributed by atoms with Gasteiger partial charge in [0.2, 0.25) is 5.82 Å². The quantitative estimate of drug-likeness (QED) is 0.445. The van der Waals surface area contributed by atoms with Crippen molar-refractivity contribution in [3.8, 4) is 5.88 Å². The Morgan fingerprint density at radius 2 is 2.05 bits per heavy atom. The standard InChI is InChI=1S/C13H23N5O3/c1-9(2)11-15-12(14-7-6-8-17(3)4)10(18(19)20)13(16-11)21-5/h9H,6-8H2,1-5H3,(H,14,15,16). The van der Waals surface area contributed by atoms with Gasteiger partial charge in [-0.15, -0.1) is 0 Å². The SMILES string of the molecule is COc1nc(C(C)C)nc(NCCCN(C)C)c1[N+](=O)[O-]. The van der Waals surface area contributed by atoms with E-state index in [0.29, 0.717) is 12.4 Å². The lowest BCUT2D eigenvalue weighted by Crippen LogP contribution is -2.17. The highest BCUT2D eigenvalue weighted by atomic mass is 16.6. The number of ether oxygens (including phenoxy) is 1. The molecule has 21 heavy (non-hydrogen) atoms. The molecule has 0 aliphatic rings. The van der Waals surface area contributed by atoms with Gasteiger partial charge in [0.25, 0.3) is 5.88 Å². The predicted octanol–water partition coefficient (Wildman–Crippen LogP) is 1.88. The summed E-state index contributed by atoms with van der Waals surface area (Å²) < 4.78 is 5.04. The van der Waals surface area contributed by atoms with Gasteiger partial charge in [0.1, 0.15) is 5.82 Å². The summed E-state index contributed by atoms with van der Waals surface area (Å²) in [6.45, 7) is 5.34. The van der Waals surface area contributed by atoms with Crippen LogP contribution < -0.4 is 10.1 Å². The minimum Gasteiger partial charge on any atom is -0.476 e. The summed E-state index contributed by atoms with van der Waals surface area (Å²) >= 11 is 0. The molecule has 0 saturated carbocycles. The Morgan fingerprint density at radius 1 is 1.38 bits per heavy atom. The number of nitrogens with one attached hydrogen (secondary N) is 1. The van der Waals surface area contributed by atoms with Crippen LogP contribution in [0.5, 0.6) is 5.88 Å². The number of hydrogen-bond acceptors (Lipinski definition) is 7. The van der Waals surface area contributed by atoms with Gasteiger partial charge >= 0.3 is 5.69 Å². The van der Waals surface area contributed by atoms with Gasteiger partial charge in [0, 0.05) is 12.5 Å². The molecule has 0 radical (unpaired) electrons. The van der Waals surface area contributed by atoms with Crippen LogP contribution in [0.1, 0.15) is 32.0 Å². The highest BCUT2D eigenvalue weighted by Gasteiger charge is 2.26. The first-order valence-electron chi connectivity index (χ1n) is 6.85. The molecule has 1 heterocycles. The molecule has 0 fully saturated rings. The monoisotopic (exact) mass is 297 g/mol. The highest BCUT2D eigenvalue weighted by molar-refractivity contribution is 5.61.